The minimum absolute atomic E-state index is 0.267. The highest BCUT2D eigenvalue weighted by Gasteiger charge is 2.19. The van der Waals surface area contributed by atoms with Crippen LogP contribution in [0.2, 0.25) is 0 Å². The Balaban J connectivity index is 2.31. The van der Waals surface area contributed by atoms with Crippen LogP contribution >= 0.6 is 11.8 Å². The second-order valence-corrected chi connectivity index (χ2v) is 5.26. The first-order chi connectivity index (χ1) is 6.24. The zero-order valence-corrected chi connectivity index (χ0v) is 9.20. The summed E-state index contributed by atoms with van der Waals surface area (Å²) in [6, 6.07) is 0. The Hall–Kier alpha value is -0.180. The molecule has 1 aliphatic carbocycles. The molecule has 1 aliphatic rings. The lowest BCUT2D eigenvalue weighted by Crippen LogP contribution is -2.27. The van der Waals surface area contributed by atoms with Crippen molar-refractivity contribution >= 4 is 17.6 Å². The van der Waals surface area contributed by atoms with Gasteiger partial charge in [-0.15, -0.1) is 11.8 Å². The molecule has 1 unspecified atom stereocenters. The van der Waals surface area contributed by atoms with Crippen molar-refractivity contribution in [2.24, 2.45) is 5.73 Å². The SMILES string of the molecule is CCC(SC1CCCCC1)C(=N)N. The average Bonchev–Trinajstić information content (AvgIpc) is 2.15. The van der Waals surface area contributed by atoms with Gasteiger partial charge < -0.3 is 5.73 Å². The van der Waals surface area contributed by atoms with Gasteiger partial charge in [0.25, 0.3) is 0 Å². The Morgan fingerprint density at radius 3 is 2.54 bits per heavy atom. The summed E-state index contributed by atoms with van der Waals surface area (Å²) < 4.78 is 0. The standard InChI is InChI=1S/C10H20N2S/c1-2-9(10(11)12)13-8-6-4-3-5-7-8/h8-9H,2-7H2,1H3,(H3,11,12). The maximum Gasteiger partial charge on any atom is 0.104 e. The zero-order valence-electron chi connectivity index (χ0n) is 8.38. The van der Waals surface area contributed by atoms with Gasteiger partial charge in [-0.1, -0.05) is 26.2 Å². The summed E-state index contributed by atoms with van der Waals surface area (Å²) in [5.74, 6) is 0.359. The minimum atomic E-state index is 0.267. The van der Waals surface area contributed by atoms with E-state index in [-0.39, 0.29) is 5.25 Å². The molecule has 0 aromatic rings. The van der Waals surface area contributed by atoms with Crippen LogP contribution in [0.1, 0.15) is 45.4 Å². The van der Waals surface area contributed by atoms with Crippen LogP contribution in [-0.4, -0.2) is 16.3 Å². The van der Waals surface area contributed by atoms with E-state index in [0.29, 0.717) is 5.84 Å². The Morgan fingerprint density at radius 1 is 1.46 bits per heavy atom. The number of nitrogens with one attached hydrogen (secondary N) is 1. The second kappa shape index (κ2) is 5.53. The van der Waals surface area contributed by atoms with Crippen LogP contribution in [-0.2, 0) is 0 Å². The molecule has 2 nitrogen and oxygen atoms in total. The highest BCUT2D eigenvalue weighted by atomic mass is 32.2. The van der Waals surface area contributed by atoms with Gasteiger partial charge in [0.2, 0.25) is 0 Å². The normalized spacial score (nSPS) is 21.3. The van der Waals surface area contributed by atoms with Gasteiger partial charge in [0.05, 0.1) is 5.25 Å². The third kappa shape index (κ3) is 3.59. The van der Waals surface area contributed by atoms with Gasteiger partial charge in [-0.3, -0.25) is 5.41 Å². The third-order valence-electron chi connectivity index (χ3n) is 2.63. The van der Waals surface area contributed by atoms with E-state index in [1.807, 2.05) is 11.8 Å². The fraction of sp³-hybridized carbons (Fsp3) is 0.900. The first kappa shape index (κ1) is 10.9. The summed E-state index contributed by atoms with van der Waals surface area (Å²) >= 11 is 1.92. The molecule has 0 saturated heterocycles. The van der Waals surface area contributed by atoms with E-state index in [1.54, 1.807) is 0 Å². The molecule has 0 heterocycles. The van der Waals surface area contributed by atoms with Gasteiger partial charge in [-0.05, 0) is 19.3 Å². The first-order valence-electron chi connectivity index (χ1n) is 5.23. The zero-order chi connectivity index (χ0) is 9.68. The number of amidine groups is 1. The predicted molar refractivity (Wildman–Crippen MR) is 60.5 cm³/mol. The molecular formula is C10H20N2S. The Bertz CT molecular complexity index is 164. The summed E-state index contributed by atoms with van der Waals surface area (Å²) in [6.45, 7) is 2.11. The van der Waals surface area contributed by atoms with Crippen LogP contribution in [0.4, 0.5) is 0 Å². The molecule has 0 amide bonds. The summed E-state index contributed by atoms with van der Waals surface area (Å²) in [7, 11) is 0. The molecule has 0 aliphatic heterocycles. The number of thioether (sulfide) groups is 1. The van der Waals surface area contributed by atoms with Crippen molar-refractivity contribution in [3.8, 4) is 0 Å². The highest BCUT2D eigenvalue weighted by Crippen LogP contribution is 2.31. The first-order valence-corrected chi connectivity index (χ1v) is 6.17. The van der Waals surface area contributed by atoms with Gasteiger partial charge in [-0.2, -0.15) is 0 Å². The van der Waals surface area contributed by atoms with Gasteiger partial charge in [-0.25, -0.2) is 0 Å². The van der Waals surface area contributed by atoms with E-state index in [4.69, 9.17) is 11.1 Å². The monoisotopic (exact) mass is 200 g/mol. The van der Waals surface area contributed by atoms with Crippen LogP contribution in [0.3, 0.4) is 0 Å². The van der Waals surface area contributed by atoms with Crippen LogP contribution in [0, 0.1) is 5.41 Å². The van der Waals surface area contributed by atoms with Crippen molar-refractivity contribution in [1.29, 1.82) is 5.41 Å². The molecule has 0 bridgehead atoms. The van der Waals surface area contributed by atoms with Crippen molar-refractivity contribution in [3.63, 3.8) is 0 Å². The number of hydrogen-bond donors (Lipinski definition) is 2. The molecule has 13 heavy (non-hydrogen) atoms. The molecule has 3 heteroatoms. The Kier molecular flexibility index (Phi) is 4.64. The number of rotatable bonds is 4. The van der Waals surface area contributed by atoms with E-state index in [0.717, 1.165) is 11.7 Å². The lowest BCUT2D eigenvalue weighted by molar-refractivity contribution is 0.515. The lowest BCUT2D eigenvalue weighted by atomic mass is 10.0. The fourth-order valence-electron chi connectivity index (χ4n) is 1.82. The Labute approximate surface area is 85.2 Å². The van der Waals surface area contributed by atoms with E-state index in [1.165, 1.54) is 32.1 Å². The maximum absolute atomic E-state index is 7.43. The maximum atomic E-state index is 7.43. The van der Waals surface area contributed by atoms with Gasteiger partial charge in [0.1, 0.15) is 5.84 Å². The van der Waals surface area contributed by atoms with Crippen molar-refractivity contribution in [1.82, 2.24) is 0 Å². The van der Waals surface area contributed by atoms with Crippen molar-refractivity contribution in [3.05, 3.63) is 0 Å². The number of nitrogens with two attached hydrogens (primary N) is 1. The topological polar surface area (TPSA) is 49.9 Å². The van der Waals surface area contributed by atoms with Crippen molar-refractivity contribution in [2.75, 3.05) is 0 Å². The molecule has 0 spiro atoms. The predicted octanol–water partition coefficient (Wildman–Crippen LogP) is 2.77. The van der Waals surface area contributed by atoms with Crippen LogP contribution < -0.4 is 5.73 Å². The van der Waals surface area contributed by atoms with E-state index < -0.39 is 0 Å². The van der Waals surface area contributed by atoms with Crippen LogP contribution in [0.15, 0.2) is 0 Å². The average molecular weight is 200 g/mol. The third-order valence-corrected chi connectivity index (χ3v) is 4.40. The largest absolute Gasteiger partial charge is 0.387 e. The fourth-order valence-corrected chi connectivity index (χ4v) is 3.23. The molecule has 1 fully saturated rings. The summed E-state index contributed by atoms with van der Waals surface area (Å²) in [5, 5.41) is 8.46. The highest BCUT2D eigenvalue weighted by molar-refractivity contribution is 8.01. The molecular weight excluding hydrogens is 180 g/mol. The van der Waals surface area contributed by atoms with Crippen LogP contribution in [0.25, 0.3) is 0 Å². The molecule has 0 aromatic heterocycles. The molecule has 76 valence electrons. The second-order valence-electron chi connectivity index (χ2n) is 3.75. The molecule has 0 radical (unpaired) electrons. The van der Waals surface area contributed by atoms with E-state index >= 15 is 0 Å². The van der Waals surface area contributed by atoms with Gasteiger partial charge in [0, 0.05) is 5.25 Å². The summed E-state index contributed by atoms with van der Waals surface area (Å²) in [6.07, 6.45) is 7.78. The van der Waals surface area contributed by atoms with Gasteiger partial charge in [0.15, 0.2) is 0 Å². The molecule has 0 aromatic carbocycles. The smallest absolute Gasteiger partial charge is 0.104 e. The van der Waals surface area contributed by atoms with Gasteiger partial charge >= 0.3 is 0 Å². The summed E-state index contributed by atoms with van der Waals surface area (Å²) in [5.41, 5.74) is 5.53. The minimum Gasteiger partial charge on any atom is -0.387 e. The molecule has 1 saturated carbocycles. The van der Waals surface area contributed by atoms with Crippen molar-refractivity contribution < 1.29 is 0 Å². The lowest BCUT2D eigenvalue weighted by Gasteiger charge is -2.24. The van der Waals surface area contributed by atoms with E-state index in [2.05, 4.69) is 6.92 Å². The Morgan fingerprint density at radius 2 is 2.08 bits per heavy atom. The molecule has 1 atom stereocenters. The van der Waals surface area contributed by atoms with E-state index in [9.17, 15) is 0 Å². The van der Waals surface area contributed by atoms with Crippen LogP contribution in [0.5, 0.6) is 0 Å². The summed E-state index contributed by atoms with van der Waals surface area (Å²) in [4.78, 5) is 0. The molecule has 3 N–H and O–H groups in total. The van der Waals surface area contributed by atoms with Crippen molar-refractivity contribution in [2.45, 2.75) is 55.9 Å². The quantitative estimate of drug-likeness (QED) is 0.541. The molecule has 1 rings (SSSR count). The number of hydrogen-bond acceptors (Lipinski definition) is 2.